The maximum Gasteiger partial charge on any atom is 0.289 e. The smallest absolute Gasteiger partial charge is 0.289 e. The molecule has 0 radical (unpaired) electrons. The summed E-state index contributed by atoms with van der Waals surface area (Å²) in [7, 11) is 0. The minimum atomic E-state index is -0.0645. The molecule has 1 amide bonds. The highest BCUT2D eigenvalue weighted by Crippen LogP contribution is 2.34. The number of furan rings is 1. The fourth-order valence-corrected chi connectivity index (χ4v) is 3.98. The van der Waals surface area contributed by atoms with Crippen molar-refractivity contribution < 1.29 is 13.9 Å². The van der Waals surface area contributed by atoms with Crippen molar-refractivity contribution in [1.29, 1.82) is 0 Å². The first-order valence-corrected chi connectivity index (χ1v) is 9.04. The Morgan fingerprint density at radius 1 is 1.08 bits per heavy atom. The molecule has 4 nitrogen and oxygen atoms in total. The van der Waals surface area contributed by atoms with Crippen LogP contribution in [0.5, 0.6) is 0 Å². The third-order valence-electron chi connectivity index (χ3n) is 4.11. The van der Waals surface area contributed by atoms with E-state index >= 15 is 0 Å². The van der Waals surface area contributed by atoms with Crippen LogP contribution in [0.2, 0.25) is 0 Å². The van der Waals surface area contributed by atoms with Crippen LogP contribution in [0.3, 0.4) is 0 Å². The van der Waals surface area contributed by atoms with Gasteiger partial charge in [-0.3, -0.25) is 4.79 Å². The van der Waals surface area contributed by atoms with Crippen molar-refractivity contribution in [3.05, 3.63) is 47.2 Å². The lowest BCUT2D eigenvalue weighted by Crippen LogP contribution is -2.48. The fraction of sp³-hybridized carbons (Fsp3) is 0.421. The van der Waals surface area contributed by atoms with Gasteiger partial charge in [-0.15, -0.1) is 0 Å². The molecule has 0 unspecified atom stereocenters. The number of rotatable bonds is 3. The van der Waals surface area contributed by atoms with Crippen molar-refractivity contribution in [2.45, 2.75) is 49.9 Å². The van der Waals surface area contributed by atoms with E-state index in [0.717, 1.165) is 5.09 Å². The summed E-state index contributed by atoms with van der Waals surface area (Å²) >= 11 is 1.56. The molecule has 3 rings (SSSR count). The molecule has 24 heavy (non-hydrogen) atoms. The second kappa shape index (κ2) is 7.03. The predicted molar refractivity (Wildman–Crippen MR) is 94.7 cm³/mol. The van der Waals surface area contributed by atoms with E-state index in [1.165, 1.54) is 16.0 Å². The molecule has 0 N–H and O–H groups in total. The number of hydrogen-bond acceptors (Lipinski definition) is 4. The number of carbonyl (C=O) groups excluding carboxylic acids is 1. The molecule has 1 aliphatic rings. The zero-order valence-electron chi connectivity index (χ0n) is 14.5. The van der Waals surface area contributed by atoms with Crippen LogP contribution < -0.4 is 0 Å². The Kier molecular flexibility index (Phi) is 5.01. The number of benzene rings is 1. The molecule has 5 heteroatoms. The summed E-state index contributed by atoms with van der Waals surface area (Å²) in [5, 5.41) is 0.741. The zero-order chi connectivity index (χ0) is 17.3. The maximum atomic E-state index is 12.7. The molecule has 2 aromatic rings. The van der Waals surface area contributed by atoms with Crippen molar-refractivity contribution in [3.8, 4) is 0 Å². The molecule has 1 aromatic carbocycles. The lowest BCUT2D eigenvalue weighted by molar-refractivity contribution is -0.0593. The third-order valence-corrected chi connectivity index (χ3v) is 5.38. The van der Waals surface area contributed by atoms with Crippen LogP contribution >= 0.6 is 11.8 Å². The molecule has 1 aromatic heterocycles. The van der Waals surface area contributed by atoms with E-state index in [1.54, 1.807) is 17.8 Å². The molecule has 0 spiro atoms. The van der Waals surface area contributed by atoms with Crippen LogP contribution in [0.4, 0.5) is 0 Å². The zero-order valence-corrected chi connectivity index (χ0v) is 15.4. The van der Waals surface area contributed by atoms with Gasteiger partial charge in [-0.1, -0.05) is 30.0 Å². The summed E-state index contributed by atoms with van der Waals surface area (Å²) in [5.41, 5.74) is 2.42. The first kappa shape index (κ1) is 17.1. The SMILES string of the molecule is Cc1cccc(C)c1Sc1ccc(C(=O)N2C[C@@H](C)O[C@@H](C)C2)o1. The van der Waals surface area contributed by atoms with Gasteiger partial charge in [0, 0.05) is 18.0 Å². The second-order valence-corrected chi connectivity index (χ2v) is 7.42. The van der Waals surface area contributed by atoms with Gasteiger partial charge in [-0.25, -0.2) is 0 Å². The van der Waals surface area contributed by atoms with Crippen molar-refractivity contribution in [1.82, 2.24) is 4.90 Å². The first-order valence-electron chi connectivity index (χ1n) is 8.22. The molecular formula is C19H23NO3S. The average molecular weight is 345 g/mol. The normalized spacial score (nSPS) is 21.1. The summed E-state index contributed by atoms with van der Waals surface area (Å²) in [4.78, 5) is 15.6. The van der Waals surface area contributed by atoms with E-state index in [-0.39, 0.29) is 18.1 Å². The Morgan fingerprint density at radius 2 is 1.71 bits per heavy atom. The number of aryl methyl sites for hydroxylation is 2. The van der Waals surface area contributed by atoms with Crippen molar-refractivity contribution in [3.63, 3.8) is 0 Å². The van der Waals surface area contributed by atoms with Crippen LogP contribution in [-0.4, -0.2) is 36.1 Å². The Balaban J connectivity index is 1.74. The molecule has 0 saturated carbocycles. The number of morpholine rings is 1. The quantitative estimate of drug-likeness (QED) is 0.832. The van der Waals surface area contributed by atoms with Gasteiger partial charge in [0.25, 0.3) is 5.91 Å². The van der Waals surface area contributed by atoms with Gasteiger partial charge in [0.15, 0.2) is 10.9 Å². The fourth-order valence-electron chi connectivity index (χ4n) is 3.05. The van der Waals surface area contributed by atoms with Gasteiger partial charge >= 0.3 is 0 Å². The Bertz CT molecular complexity index is 710. The monoisotopic (exact) mass is 345 g/mol. The van der Waals surface area contributed by atoms with Crippen LogP contribution in [0.15, 0.2) is 44.7 Å². The second-order valence-electron chi connectivity index (χ2n) is 6.41. The van der Waals surface area contributed by atoms with Crippen molar-refractivity contribution >= 4 is 17.7 Å². The minimum absolute atomic E-state index is 0.0520. The highest BCUT2D eigenvalue weighted by atomic mass is 32.2. The molecule has 1 fully saturated rings. The Morgan fingerprint density at radius 3 is 2.33 bits per heavy atom. The summed E-state index contributed by atoms with van der Waals surface area (Å²) in [6.45, 7) is 9.34. The van der Waals surface area contributed by atoms with E-state index in [1.807, 2.05) is 30.9 Å². The van der Waals surface area contributed by atoms with E-state index < -0.39 is 0 Å². The van der Waals surface area contributed by atoms with Gasteiger partial charge in [-0.2, -0.15) is 0 Å². The number of carbonyl (C=O) groups is 1. The molecule has 1 saturated heterocycles. The summed E-state index contributed by atoms with van der Waals surface area (Å²) in [6, 6.07) is 9.86. The third kappa shape index (κ3) is 3.68. The van der Waals surface area contributed by atoms with Crippen LogP contribution in [0.25, 0.3) is 0 Å². The van der Waals surface area contributed by atoms with Gasteiger partial charge in [0.05, 0.1) is 12.2 Å². The van der Waals surface area contributed by atoms with Crippen molar-refractivity contribution in [2.75, 3.05) is 13.1 Å². The predicted octanol–water partition coefficient (Wildman–Crippen LogP) is 4.30. The lowest BCUT2D eigenvalue weighted by Gasteiger charge is -2.34. The van der Waals surface area contributed by atoms with Crippen LogP contribution in [0.1, 0.15) is 35.5 Å². The molecule has 2 atom stereocenters. The van der Waals surface area contributed by atoms with Crippen LogP contribution in [0, 0.1) is 13.8 Å². The topological polar surface area (TPSA) is 42.7 Å². The lowest BCUT2D eigenvalue weighted by atomic mass is 10.2. The maximum absolute atomic E-state index is 12.7. The van der Waals surface area contributed by atoms with Gasteiger partial charge in [-0.05, 0) is 51.0 Å². The summed E-state index contributed by atoms with van der Waals surface area (Å²) in [6.07, 6.45) is 0.104. The van der Waals surface area contributed by atoms with E-state index in [0.29, 0.717) is 18.8 Å². The van der Waals surface area contributed by atoms with E-state index in [4.69, 9.17) is 9.15 Å². The van der Waals surface area contributed by atoms with Gasteiger partial charge in [0.1, 0.15) is 0 Å². The molecule has 0 bridgehead atoms. The molecule has 1 aliphatic heterocycles. The molecular weight excluding hydrogens is 322 g/mol. The van der Waals surface area contributed by atoms with Crippen LogP contribution in [-0.2, 0) is 4.74 Å². The summed E-state index contributed by atoms with van der Waals surface area (Å²) < 4.78 is 11.5. The highest BCUT2D eigenvalue weighted by Gasteiger charge is 2.28. The Hall–Kier alpha value is -1.72. The number of nitrogens with zero attached hydrogens (tertiary/aromatic N) is 1. The average Bonchev–Trinajstić information content (AvgIpc) is 2.98. The van der Waals surface area contributed by atoms with Crippen molar-refractivity contribution in [2.24, 2.45) is 0 Å². The van der Waals surface area contributed by atoms with E-state index in [2.05, 4.69) is 26.0 Å². The minimum Gasteiger partial charge on any atom is -0.444 e. The molecule has 0 aliphatic carbocycles. The Labute approximate surface area is 147 Å². The van der Waals surface area contributed by atoms with E-state index in [9.17, 15) is 4.79 Å². The number of hydrogen-bond donors (Lipinski definition) is 0. The molecule has 128 valence electrons. The first-order chi connectivity index (χ1) is 11.4. The largest absolute Gasteiger partial charge is 0.444 e. The number of amides is 1. The summed E-state index contributed by atoms with van der Waals surface area (Å²) in [5.74, 6) is 0.329. The molecule has 2 heterocycles. The van der Waals surface area contributed by atoms with Gasteiger partial charge < -0.3 is 14.1 Å². The standard InChI is InChI=1S/C19H23NO3S/c1-12-6-5-7-13(2)18(12)24-17-9-8-16(23-17)19(21)20-10-14(3)22-15(4)11-20/h5-9,14-15H,10-11H2,1-4H3/t14-,15+. The highest BCUT2D eigenvalue weighted by molar-refractivity contribution is 7.99. The number of ether oxygens (including phenoxy) is 1. The van der Waals surface area contributed by atoms with Gasteiger partial charge in [0.2, 0.25) is 0 Å².